The third kappa shape index (κ3) is 4.17. The fourth-order valence-corrected chi connectivity index (χ4v) is 3.79. The topological polar surface area (TPSA) is 101 Å². The molecule has 27 heavy (non-hydrogen) atoms. The number of nitrogens with zero attached hydrogens (tertiary/aromatic N) is 1. The molecule has 2 N–H and O–H groups in total. The fraction of sp³-hybridized carbons (Fsp3) is 0.158. The van der Waals surface area contributed by atoms with E-state index >= 15 is 0 Å². The number of nitro groups is 1. The van der Waals surface area contributed by atoms with E-state index in [1.807, 2.05) is 42.5 Å². The van der Waals surface area contributed by atoms with Gasteiger partial charge in [0.15, 0.2) is 9.84 Å². The number of hydrogen-bond acceptors (Lipinski definition) is 6. The van der Waals surface area contributed by atoms with Crippen LogP contribution in [0.2, 0.25) is 0 Å². The predicted molar refractivity (Wildman–Crippen MR) is 107 cm³/mol. The molecule has 0 saturated carbocycles. The summed E-state index contributed by atoms with van der Waals surface area (Å²) in [6.07, 6.45) is 0.960. The maximum absolute atomic E-state index is 11.8. The number of anilines is 2. The number of sulfone groups is 1. The quantitative estimate of drug-likeness (QED) is 0.365. The minimum Gasteiger partial charge on any atom is -0.383 e. The normalized spacial score (nSPS) is 11.3. The number of fused-ring (bicyclic) bond motifs is 1. The Hall–Kier alpha value is -3.13. The molecule has 0 amide bonds. The Morgan fingerprint density at radius 3 is 2.19 bits per heavy atom. The zero-order valence-electron chi connectivity index (χ0n) is 14.7. The molecule has 0 aliphatic rings. The van der Waals surface area contributed by atoms with Gasteiger partial charge < -0.3 is 10.6 Å². The van der Waals surface area contributed by atoms with Crippen LogP contribution in [0.15, 0.2) is 65.6 Å². The maximum atomic E-state index is 11.8. The van der Waals surface area contributed by atoms with E-state index in [1.54, 1.807) is 0 Å². The molecule has 0 atom stereocenters. The standard InChI is InChI=1S/C19H19N3O4S/c1-27(25,26)18-11-5-10-17(19(18)22(23)24)21-13-12-20-16-9-4-7-14-6-2-3-8-15(14)16/h2-11,20-21H,12-13H2,1H3. The van der Waals surface area contributed by atoms with Crippen LogP contribution in [-0.2, 0) is 9.84 Å². The first kappa shape index (κ1) is 18.7. The molecule has 140 valence electrons. The van der Waals surface area contributed by atoms with Crippen LogP contribution in [0.25, 0.3) is 10.8 Å². The van der Waals surface area contributed by atoms with Gasteiger partial charge in [0, 0.05) is 30.4 Å². The number of nitrogens with one attached hydrogen (secondary N) is 2. The number of hydrogen-bond donors (Lipinski definition) is 2. The molecule has 0 fully saturated rings. The maximum Gasteiger partial charge on any atom is 0.310 e. The second kappa shape index (κ2) is 7.63. The van der Waals surface area contributed by atoms with Crippen molar-refractivity contribution < 1.29 is 13.3 Å². The average molecular weight is 385 g/mol. The summed E-state index contributed by atoms with van der Waals surface area (Å²) < 4.78 is 23.6. The first-order chi connectivity index (χ1) is 12.9. The zero-order valence-corrected chi connectivity index (χ0v) is 15.5. The molecule has 0 radical (unpaired) electrons. The number of nitro benzene ring substituents is 1. The molecule has 3 aromatic carbocycles. The second-order valence-electron chi connectivity index (χ2n) is 6.06. The lowest BCUT2D eigenvalue weighted by Crippen LogP contribution is -2.15. The Morgan fingerprint density at radius 1 is 0.889 bits per heavy atom. The van der Waals surface area contributed by atoms with Crippen molar-refractivity contribution in [2.45, 2.75) is 4.90 Å². The van der Waals surface area contributed by atoms with Gasteiger partial charge in [-0.3, -0.25) is 10.1 Å². The lowest BCUT2D eigenvalue weighted by atomic mass is 10.1. The lowest BCUT2D eigenvalue weighted by molar-refractivity contribution is -0.386. The number of rotatable bonds is 7. The highest BCUT2D eigenvalue weighted by atomic mass is 32.2. The zero-order chi connectivity index (χ0) is 19.4. The monoisotopic (exact) mass is 385 g/mol. The van der Waals surface area contributed by atoms with Crippen molar-refractivity contribution in [3.8, 4) is 0 Å². The van der Waals surface area contributed by atoms with E-state index in [9.17, 15) is 18.5 Å². The molecule has 0 bridgehead atoms. The van der Waals surface area contributed by atoms with Crippen molar-refractivity contribution >= 4 is 37.7 Å². The van der Waals surface area contributed by atoms with Gasteiger partial charge in [-0.2, -0.15) is 0 Å². The van der Waals surface area contributed by atoms with E-state index in [1.165, 1.54) is 18.2 Å². The van der Waals surface area contributed by atoms with Crippen molar-refractivity contribution in [2.75, 3.05) is 30.0 Å². The molecule has 3 rings (SSSR count). The van der Waals surface area contributed by atoms with Crippen molar-refractivity contribution in [3.05, 3.63) is 70.8 Å². The lowest BCUT2D eigenvalue weighted by Gasteiger charge is -2.12. The average Bonchev–Trinajstić information content (AvgIpc) is 2.64. The predicted octanol–water partition coefficient (Wildman–Crippen LogP) is 3.68. The molecule has 0 aromatic heterocycles. The van der Waals surface area contributed by atoms with E-state index in [0.717, 1.165) is 22.7 Å². The third-order valence-corrected chi connectivity index (χ3v) is 5.25. The first-order valence-corrected chi connectivity index (χ1v) is 10.2. The highest BCUT2D eigenvalue weighted by Crippen LogP contribution is 2.31. The number of para-hydroxylation sites is 1. The minimum absolute atomic E-state index is 0.183. The molecule has 0 spiro atoms. The van der Waals surface area contributed by atoms with Crippen LogP contribution in [0.3, 0.4) is 0 Å². The van der Waals surface area contributed by atoms with Gasteiger partial charge >= 0.3 is 5.69 Å². The smallest absolute Gasteiger partial charge is 0.310 e. The van der Waals surface area contributed by atoms with E-state index in [4.69, 9.17) is 0 Å². The summed E-state index contributed by atoms with van der Waals surface area (Å²) in [7, 11) is -3.70. The van der Waals surface area contributed by atoms with Crippen LogP contribution >= 0.6 is 0 Å². The largest absolute Gasteiger partial charge is 0.383 e. The molecule has 7 nitrogen and oxygen atoms in total. The summed E-state index contributed by atoms with van der Waals surface area (Å²) in [5.41, 5.74) is 0.724. The summed E-state index contributed by atoms with van der Waals surface area (Å²) in [5, 5.41) is 19.8. The molecule has 0 aliphatic carbocycles. The Kier molecular flexibility index (Phi) is 5.27. The van der Waals surface area contributed by atoms with Crippen molar-refractivity contribution in [1.29, 1.82) is 0 Å². The van der Waals surface area contributed by atoms with Gasteiger partial charge in [0.2, 0.25) is 0 Å². The fourth-order valence-electron chi connectivity index (χ4n) is 2.93. The highest BCUT2D eigenvalue weighted by molar-refractivity contribution is 7.90. The van der Waals surface area contributed by atoms with Gasteiger partial charge in [-0.1, -0.05) is 42.5 Å². The van der Waals surface area contributed by atoms with Crippen LogP contribution in [0.4, 0.5) is 17.1 Å². The van der Waals surface area contributed by atoms with Crippen LogP contribution in [0.5, 0.6) is 0 Å². The SMILES string of the molecule is CS(=O)(=O)c1cccc(NCCNc2cccc3ccccc23)c1[N+](=O)[O-]. The van der Waals surface area contributed by atoms with Gasteiger partial charge in [0.1, 0.15) is 10.6 Å². The van der Waals surface area contributed by atoms with E-state index in [-0.39, 0.29) is 10.6 Å². The third-order valence-electron chi connectivity index (χ3n) is 4.13. The Morgan fingerprint density at radius 2 is 1.48 bits per heavy atom. The number of benzene rings is 3. The van der Waals surface area contributed by atoms with Crippen LogP contribution in [0, 0.1) is 10.1 Å². The van der Waals surface area contributed by atoms with Crippen LogP contribution < -0.4 is 10.6 Å². The van der Waals surface area contributed by atoms with Gasteiger partial charge in [-0.25, -0.2) is 8.42 Å². The second-order valence-corrected chi connectivity index (χ2v) is 8.05. The molecule has 0 saturated heterocycles. The Bertz CT molecular complexity index is 1090. The Labute approximate surface area is 157 Å². The van der Waals surface area contributed by atoms with Crippen molar-refractivity contribution in [1.82, 2.24) is 0 Å². The first-order valence-electron chi connectivity index (χ1n) is 8.31. The van der Waals surface area contributed by atoms with Crippen molar-refractivity contribution in [3.63, 3.8) is 0 Å². The van der Waals surface area contributed by atoms with Gasteiger partial charge in [-0.05, 0) is 23.6 Å². The van der Waals surface area contributed by atoms with Crippen LogP contribution in [0.1, 0.15) is 0 Å². The molecule has 3 aromatic rings. The summed E-state index contributed by atoms with van der Waals surface area (Å²) in [4.78, 5) is 10.4. The summed E-state index contributed by atoms with van der Waals surface area (Å²) in [6.45, 7) is 0.894. The van der Waals surface area contributed by atoms with Crippen molar-refractivity contribution in [2.24, 2.45) is 0 Å². The van der Waals surface area contributed by atoms with E-state index < -0.39 is 20.4 Å². The Balaban J connectivity index is 1.73. The van der Waals surface area contributed by atoms with E-state index in [2.05, 4.69) is 10.6 Å². The summed E-state index contributed by atoms with van der Waals surface area (Å²) >= 11 is 0. The van der Waals surface area contributed by atoms with Crippen LogP contribution in [-0.4, -0.2) is 32.7 Å². The molecular weight excluding hydrogens is 366 g/mol. The van der Waals surface area contributed by atoms with Gasteiger partial charge in [-0.15, -0.1) is 0 Å². The molecule has 0 heterocycles. The summed E-state index contributed by atoms with van der Waals surface area (Å²) in [5.74, 6) is 0. The highest BCUT2D eigenvalue weighted by Gasteiger charge is 2.25. The summed E-state index contributed by atoms with van der Waals surface area (Å²) in [6, 6.07) is 18.2. The molecule has 0 aliphatic heterocycles. The van der Waals surface area contributed by atoms with Gasteiger partial charge in [0.05, 0.1) is 4.92 Å². The van der Waals surface area contributed by atoms with E-state index in [0.29, 0.717) is 13.1 Å². The molecular formula is C19H19N3O4S. The minimum atomic E-state index is -3.70. The van der Waals surface area contributed by atoms with Gasteiger partial charge in [0.25, 0.3) is 0 Å². The molecule has 8 heteroatoms. The molecule has 0 unspecified atom stereocenters.